The third-order valence-corrected chi connectivity index (χ3v) is 9.43. The number of rotatable bonds is 42. The predicted molar refractivity (Wildman–Crippen MR) is 221 cm³/mol. The molecule has 1 N–H and O–H groups in total. The summed E-state index contributed by atoms with van der Waals surface area (Å²) in [6.07, 6.45) is 36.3. The molecule has 0 aliphatic carbocycles. The molecule has 0 rings (SSSR count). The van der Waals surface area contributed by atoms with Crippen LogP contribution in [0.4, 0.5) is 0 Å². The maximum absolute atomic E-state index is 12.4. The van der Waals surface area contributed by atoms with E-state index in [4.69, 9.17) is 18.9 Å². The molecule has 0 radical (unpaired) electrons. The van der Waals surface area contributed by atoms with Crippen molar-refractivity contribution < 1.29 is 33.6 Å². The summed E-state index contributed by atoms with van der Waals surface area (Å²) >= 11 is 0. The Morgan fingerprint density at radius 2 is 0.962 bits per heavy atom. The Bertz CT molecular complexity index is 810. The molecular formula is C45H85NO7. The molecule has 0 saturated carbocycles. The fourth-order valence-corrected chi connectivity index (χ4v) is 6.16. The molecule has 0 aromatic heterocycles. The lowest BCUT2D eigenvalue weighted by atomic mass is 10.1. The van der Waals surface area contributed by atoms with Crippen LogP contribution in [0.1, 0.15) is 194 Å². The molecule has 0 atom stereocenters. The second kappa shape index (κ2) is 43.0. The van der Waals surface area contributed by atoms with Crippen LogP contribution in [0.2, 0.25) is 0 Å². The lowest BCUT2D eigenvalue weighted by molar-refractivity contribution is -0.152. The van der Waals surface area contributed by atoms with Gasteiger partial charge in [0.1, 0.15) is 0 Å². The second-order valence-corrected chi connectivity index (χ2v) is 14.5. The van der Waals surface area contributed by atoms with E-state index in [-0.39, 0.29) is 24.8 Å². The third-order valence-electron chi connectivity index (χ3n) is 9.43. The van der Waals surface area contributed by atoms with Crippen molar-refractivity contribution in [1.29, 1.82) is 0 Å². The number of hydrogen-bond acceptors (Lipinski definition) is 8. The van der Waals surface area contributed by atoms with Gasteiger partial charge >= 0.3 is 11.9 Å². The van der Waals surface area contributed by atoms with Gasteiger partial charge < -0.3 is 29.0 Å². The molecular weight excluding hydrogens is 666 g/mol. The first kappa shape index (κ1) is 51.3. The quantitative estimate of drug-likeness (QED) is 0.0285. The van der Waals surface area contributed by atoms with E-state index >= 15 is 0 Å². The Labute approximate surface area is 327 Å². The topological polar surface area (TPSA) is 94.5 Å². The number of esters is 2. The molecule has 0 aromatic rings. The molecule has 312 valence electrons. The number of hydrogen-bond donors (Lipinski definition) is 1. The summed E-state index contributed by atoms with van der Waals surface area (Å²) in [5.41, 5.74) is 0. The highest BCUT2D eigenvalue weighted by atomic mass is 16.7. The van der Waals surface area contributed by atoms with Gasteiger partial charge in [0.05, 0.1) is 19.8 Å². The zero-order valence-corrected chi connectivity index (χ0v) is 35.0. The van der Waals surface area contributed by atoms with E-state index in [0.717, 1.165) is 129 Å². The van der Waals surface area contributed by atoms with Gasteiger partial charge in [0.2, 0.25) is 0 Å². The zero-order chi connectivity index (χ0) is 38.7. The van der Waals surface area contributed by atoms with Crippen LogP contribution in [0, 0.1) is 0 Å². The Kier molecular flexibility index (Phi) is 41.6. The van der Waals surface area contributed by atoms with E-state index in [9.17, 15) is 14.7 Å². The monoisotopic (exact) mass is 752 g/mol. The van der Waals surface area contributed by atoms with Crippen molar-refractivity contribution in [1.82, 2.24) is 4.90 Å². The SMILES string of the molecule is CC/C=C\CCCCOC(CCCC(=O)OCCCCCN(CCO)CCCCCCCC(=O)OCCCCCCCCC)OCCCC/C=C\CC. The summed E-state index contributed by atoms with van der Waals surface area (Å²) in [6.45, 7) is 11.7. The lowest BCUT2D eigenvalue weighted by Crippen LogP contribution is -2.29. The minimum Gasteiger partial charge on any atom is -0.466 e. The fraction of sp³-hybridized carbons (Fsp3) is 0.867. The summed E-state index contributed by atoms with van der Waals surface area (Å²) in [7, 11) is 0. The van der Waals surface area contributed by atoms with Gasteiger partial charge in [-0.1, -0.05) is 103 Å². The van der Waals surface area contributed by atoms with Crippen LogP contribution in [-0.2, 0) is 28.5 Å². The largest absolute Gasteiger partial charge is 0.466 e. The number of aliphatic hydroxyl groups excluding tert-OH is 1. The van der Waals surface area contributed by atoms with E-state index in [0.29, 0.717) is 58.7 Å². The molecule has 0 aliphatic heterocycles. The average molecular weight is 752 g/mol. The third kappa shape index (κ3) is 39.8. The highest BCUT2D eigenvalue weighted by Crippen LogP contribution is 2.13. The minimum absolute atomic E-state index is 0.0474. The molecule has 0 unspecified atom stereocenters. The first-order valence-electron chi connectivity index (χ1n) is 22.2. The van der Waals surface area contributed by atoms with Crippen molar-refractivity contribution in [2.75, 3.05) is 52.7 Å². The highest BCUT2D eigenvalue weighted by molar-refractivity contribution is 5.69. The first-order chi connectivity index (χ1) is 26.1. The molecule has 8 heteroatoms. The van der Waals surface area contributed by atoms with Crippen LogP contribution < -0.4 is 0 Å². The van der Waals surface area contributed by atoms with Crippen molar-refractivity contribution in [2.45, 2.75) is 200 Å². The summed E-state index contributed by atoms with van der Waals surface area (Å²) in [5, 5.41) is 9.52. The summed E-state index contributed by atoms with van der Waals surface area (Å²) < 4.78 is 23.1. The molecule has 0 fully saturated rings. The van der Waals surface area contributed by atoms with Crippen molar-refractivity contribution in [2.24, 2.45) is 0 Å². The number of allylic oxidation sites excluding steroid dienone is 4. The van der Waals surface area contributed by atoms with E-state index in [2.05, 4.69) is 50.0 Å². The second-order valence-electron chi connectivity index (χ2n) is 14.5. The smallest absolute Gasteiger partial charge is 0.305 e. The van der Waals surface area contributed by atoms with E-state index in [1.807, 2.05) is 0 Å². The molecule has 0 aliphatic rings. The number of carbonyl (C=O) groups is 2. The van der Waals surface area contributed by atoms with Crippen molar-refractivity contribution in [3.05, 3.63) is 24.3 Å². The zero-order valence-electron chi connectivity index (χ0n) is 35.0. The average Bonchev–Trinajstić information content (AvgIpc) is 3.15. The van der Waals surface area contributed by atoms with Gasteiger partial charge in [0, 0.05) is 32.6 Å². The molecule has 0 aromatic carbocycles. The summed E-state index contributed by atoms with van der Waals surface area (Å²) in [6, 6.07) is 0. The van der Waals surface area contributed by atoms with Crippen LogP contribution in [0.3, 0.4) is 0 Å². The van der Waals surface area contributed by atoms with E-state index < -0.39 is 0 Å². The first-order valence-corrected chi connectivity index (χ1v) is 22.2. The Hall–Kier alpha value is -1.74. The Morgan fingerprint density at radius 1 is 0.509 bits per heavy atom. The summed E-state index contributed by atoms with van der Waals surface area (Å²) in [5.74, 6) is -0.190. The van der Waals surface area contributed by atoms with Crippen molar-refractivity contribution in [3.63, 3.8) is 0 Å². The van der Waals surface area contributed by atoms with Gasteiger partial charge in [-0.2, -0.15) is 0 Å². The van der Waals surface area contributed by atoms with E-state index in [1.165, 1.54) is 32.1 Å². The van der Waals surface area contributed by atoms with Gasteiger partial charge in [-0.15, -0.1) is 0 Å². The molecule has 0 amide bonds. The minimum atomic E-state index is -0.262. The fourth-order valence-electron chi connectivity index (χ4n) is 6.16. The Balaban J connectivity index is 3.99. The molecule has 0 saturated heterocycles. The van der Waals surface area contributed by atoms with Gasteiger partial charge in [0.15, 0.2) is 6.29 Å². The maximum atomic E-state index is 12.4. The number of aliphatic hydroxyl groups is 1. The van der Waals surface area contributed by atoms with Crippen LogP contribution in [0.15, 0.2) is 24.3 Å². The molecule has 53 heavy (non-hydrogen) atoms. The molecule has 8 nitrogen and oxygen atoms in total. The van der Waals surface area contributed by atoms with Gasteiger partial charge in [-0.25, -0.2) is 0 Å². The van der Waals surface area contributed by atoms with Crippen LogP contribution >= 0.6 is 0 Å². The van der Waals surface area contributed by atoms with Crippen LogP contribution in [0.25, 0.3) is 0 Å². The molecule has 0 spiro atoms. The number of nitrogens with zero attached hydrogens (tertiary/aromatic N) is 1. The molecule has 0 heterocycles. The Morgan fingerprint density at radius 3 is 1.49 bits per heavy atom. The number of carbonyl (C=O) groups excluding carboxylic acids is 2. The number of ether oxygens (including phenoxy) is 4. The number of unbranched alkanes of at least 4 members (excludes halogenated alkanes) is 16. The van der Waals surface area contributed by atoms with E-state index in [1.54, 1.807) is 0 Å². The van der Waals surface area contributed by atoms with Gasteiger partial charge in [0.25, 0.3) is 0 Å². The van der Waals surface area contributed by atoms with Crippen LogP contribution in [-0.4, -0.2) is 80.9 Å². The lowest BCUT2D eigenvalue weighted by Gasteiger charge is -2.21. The molecule has 0 bridgehead atoms. The summed E-state index contributed by atoms with van der Waals surface area (Å²) in [4.78, 5) is 26.7. The predicted octanol–water partition coefficient (Wildman–Crippen LogP) is 11.4. The van der Waals surface area contributed by atoms with Crippen molar-refractivity contribution >= 4 is 11.9 Å². The standard InChI is InChI=1S/C45H85NO7/c1-4-7-10-13-16-22-27-39-50-43(48)32-24-18-17-19-25-35-46(37-38-47)36-26-23-30-40-51-44(49)33-31-34-45(52-41-28-20-14-11-8-5-2)53-42-29-21-15-12-9-6-3/h8-9,11-12,45,47H,4-7,10,13-42H2,1-3H3/b11-8-,12-9-. The van der Waals surface area contributed by atoms with Crippen LogP contribution in [0.5, 0.6) is 0 Å². The van der Waals surface area contributed by atoms with Gasteiger partial charge in [-0.3, -0.25) is 9.59 Å². The van der Waals surface area contributed by atoms with Gasteiger partial charge in [-0.05, 0) is 116 Å². The van der Waals surface area contributed by atoms with Crippen molar-refractivity contribution in [3.8, 4) is 0 Å². The highest BCUT2D eigenvalue weighted by Gasteiger charge is 2.12. The maximum Gasteiger partial charge on any atom is 0.305 e. The normalized spacial score (nSPS) is 11.9.